The van der Waals surface area contributed by atoms with Crippen molar-refractivity contribution in [3.63, 3.8) is 0 Å². The third kappa shape index (κ3) is 2.60. The number of anilines is 1. The number of hydrogen-bond acceptors (Lipinski definition) is 1. The molecule has 19 heavy (non-hydrogen) atoms. The van der Waals surface area contributed by atoms with Gasteiger partial charge in [0.25, 0.3) is 0 Å². The number of allylic oxidation sites excluding steroid dienone is 4. The fraction of sp³-hybridized carbons (Fsp3) is 0.111. The lowest BCUT2D eigenvalue weighted by Crippen LogP contribution is -1.88. The van der Waals surface area contributed by atoms with Gasteiger partial charge in [-0.2, -0.15) is 0 Å². The Balaban J connectivity index is 1.88. The van der Waals surface area contributed by atoms with Crippen LogP contribution in [-0.2, 0) is 0 Å². The number of rotatable bonds is 2. The fourth-order valence-corrected chi connectivity index (χ4v) is 2.40. The second-order valence-corrected chi connectivity index (χ2v) is 4.86. The van der Waals surface area contributed by atoms with Crippen molar-refractivity contribution in [1.82, 2.24) is 0 Å². The van der Waals surface area contributed by atoms with Gasteiger partial charge in [0.05, 0.1) is 0 Å². The SMILES string of the molecule is Nc1ccc(-c2ccc(C3=CC=CCC3)cc2)cc1. The molecule has 94 valence electrons. The van der Waals surface area contributed by atoms with Gasteiger partial charge in [-0.25, -0.2) is 0 Å². The van der Waals surface area contributed by atoms with Gasteiger partial charge < -0.3 is 5.73 Å². The van der Waals surface area contributed by atoms with Crippen LogP contribution in [0.25, 0.3) is 16.7 Å². The van der Waals surface area contributed by atoms with Gasteiger partial charge in [-0.3, -0.25) is 0 Å². The van der Waals surface area contributed by atoms with Crippen molar-refractivity contribution in [2.75, 3.05) is 5.73 Å². The summed E-state index contributed by atoms with van der Waals surface area (Å²) in [5, 5.41) is 0. The lowest BCUT2D eigenvalue weighted by molar-refractivity contribution is 1.05. The van der Waals surface area contributed by atoms with Gasteiger partial charge in [0.1, 0.15) is 0 Å². The normalized spacial score (nSPS) is 14.2. The minimum absolute atomic E-state index is 0.805. The van der Waals surface area contributed by atoms with E-state index in [4.69, 9.17) is 5.73 Å². The summed E-state index contributed by atoms with van der Waals surface area (Å²) in [6.45, 7) is 0. The molecule has 0 saturated carbocycles. The predicted molar refractivity (Wildman–Crippen MR) is 82.6 cm³/mol. The zero-order chi connectivity index (χ0) is 13.1. The summed E-state index contributed by atoms with van der Waals surface area (Å²) in [5.74, 6) is 0. The van der Waals surface area contributed by atoms with Crippen LogP contribution in [0.5, 0.6) is 0 Å². The summed E-state index contributed by atoms with van der Waals surface area (Å²) in [4.78, 5) is 0. The van der Waals surface area contributed by atoms with Crippen LogP contribution in [0.3, 0.4) is 0 Å². The topological polar surface area (TPSA) is 26.0 Å². The van der Waals surface area contributed by atoms with Crippen molar-refractivity contribution in [2.45, 2.75) is 12.8 Å². The summed E-state index contributed by atoms with van der Waals surface area (Å²) in [5.41, 5.74) is 11.7. The van der Waals surface area contributed by atoms with Crippen molar-refractivity contribution in [1.29, 1.82) is 0 Å². The molecule has 3 rings (SSSR count). The van der Waals surface area contributed by atoms with Crippen molar-refractivity contribution >= 4 is 11.3 Å². The summed E-state index contributed by atoms with van der Waals surface area (Å²) in [6, 6.07) is 16.8. The number of nitrogen functional groups attached to an aromatic ring is 1. The number of nitrogens with two attached hydrogens (primary N) is 1. The summed E-state index contributed by atoms with van der Waals surface area (Å²) >= 11 is 0. The van der Waals surface area contributed by atoms with Crippen LogP contribution in [0.15, 0.2) is 66.8 Å². The highest BCUT2D eigenvalue weighted by atomic mass is 14.5. The van der Waals surface area contributed by atoms with Crippen molar-refractivity contribution in [3.8, 4) is 11.1 Å². The largest absolute Gasteiger partial charge is 0.399 e. The first-order valence-corrected chi connectivity index (χ1v) is 6.65. The van der Waals surface area contributed by atoms with E-state index in [2.05, 4.69) is 54.6 Å². The van der Waals surface area contributed by atoms with E-state index >= 15 is 0 Å². The molecule has 0 radical (unpaired) electrons. The molecule has 1 heteroatoms. The average Bonchev–Trinajstić information content (AvgIpc) is 2.49. The van der Waals surface area contributed by atoms with Crippen LogP contribution in [0.4, 0.5) is 5.69 Å². The Morgan fingerprint density at radius 2 is 1.32 bits per heavy atom. The Labute approximate surface area is 114 Å². The molecule has 0 saturated heterocycles. The molecule has 0 aliphatic heterocycles. The lowest BCUT2D eigenvalue weighted by Gasteiger charge is -2.10. The Bertz CT molecular complexity index is 616. The van der Waals surface area contributed by atoms with E-state index in [9.17, 15) is 0 Å². The first-order valence-electron chi connectivity index (χ1n) is 6.65. The van der Waals surface area contributed by atoms with Gasteiger partial charge in [0, 0.05) is 5.69 Å². The van der Waals surface area contributed by atoms with Crippen LogP contribution >= 0.6 is 0 Å². The third-order valence-corrected chi connectivity index (χ3v) is 3.51. The fourth-order valence-electron chi connectivity index (χ4n) is 2.40. The zero-order valence-electron chi connectivity index (χ0n) is 10.8. The average molecular weight is 247 g/mol. The molecule has 0 amide bonds. The molecule has 0 unspecified atom stereocenters. The highest BCUT2D eigenvalue weighted by molar-refractivity contribution is 5.72. The van der Waals surface area contributed by atoms with E-state index in [-0.39, 0.29) is 0 Å². The minimum Gasteiger partial charge on any atom is -0.399 e. The number of benzene rings is 2. The quantitative estimate of drug-likeness (QED) is 0.767. The number of hydrogen-bond donors (Lipinski definition) is 1. The van der Waals surface area contributed by atoms with Crippen molar-refractivity contribution < 1.29 is 0 Å². The zero-order valence-corrected chi connectivity index (χ0v) is 10.8. The second kappa shape index (κ2) is 5.15. The molecule has 1 nitrogen and oxygen atoms in total. The minimum atomic E-state index is 0.805. The Morgan fingerprint density at radius 3 is 1.89 bits per heavy atom. The summed E-state index contributed by atoms with van der Waals surface area (Å²) < 4.78 is 0. The van der Waals surface area contributed by atoms with E-state index in [0.29, 0.717) is 0 Å². The molecule has 2 aromatic carbocycles. The molecule has 0 spiro atoms. The first kappa shape index (κ1) is 11.8. The third-order valence-electron chi connectivity index (χ3n) is 3.51. The Hall–Kier alpha value is -2.28. The highest BCUT2D eigenvalue weighted by Crippen LogP contribution is 2.26. The van der Waals surface area contributed by atoms with Gasteiger partial charge in [-0.1, -0.05) is 54.6 Å². The molecule has 2 aromatic rings. The van der Waals surface area contributed by atoms with Crippen LogP contribution in [-0.4, -0.2) is 0 Å². The van der Waals surface area contributed by atoms with Gasteiger partial charge in [0.2, 0.25) is 0 Å². The molecule has 2 N–H and O–H groups in total. The maximum Gasteiger partial charge on any atom is 0.0314 e. The van der Waals surface area contributed by atoms with Gasteiger partial charge in [0.15, 0.2) is 0 Å². The molecular formula is C18H17N. The molecule has 0 fully saturated rings. The van der Waals surface area contributed by atoms with Crippen molar-refractivity contribution in [2.24, 2.45) is 0 Å². The summed E-state index contributed by atoms with van der Waals surface area (Å²) in [7, 11) is 0. The van der Waals surface area contributed by atoms with E-state index in [1.165, 1.54) is 22.3 Å². The molecular weight excluding hydrogens is 230 g/mol. The van der Waals surface area contributed by atoms with Gasteiger partial charge in [-0.15, -0.1) is 0 Å². The molecule has 0 atom stereocenters. The van der Waals surface area contributed by atoms with Crippen LogP contribution in [0.2, 0.25) is 0 Å². The standard InChI is InChI=1S/C18H17N/c19-18-12-10-17(11-13-18)16-8-6-15(7-9-16)14-4-2-1-3-5-14/h1-2,4,6-13H,3,5,19H2. The monoisotopic (exact) mass is 247 g/mol. The van der Waals surface area contributed by atoms with Crippen LogP contribution < -0.4 is 5.73 Å². The van der Waals surface area contributed by atoms with E-state index in [1.807, 2.05) is 12.1 Å². The van der Waals surface area contributed by atoms with Gasteiger partial charge in [-0.05, 0) is 47.2 Å². The van der Waals surface area contributed by atoms with Crippen LogP contribution in [0.1, 0.15) is 18.4 Å². The van der Waals surface area contributed by atoms with E-state index < -0.39 is 0 Å². The Kier molecular flexibility index (Phi) is 3.20. The van der Waals surface area contributed by atoms with Crippen LogP contribution in [0, 0.1) is 0 Å². The Morgan fingerprint density at radius 1 is 0.737 bits per heavy atom. The molecule has 0 bridgehead atoms. The predicted octanol–water partition coefficient (Wildman–Crippen LogP) is 4.67. The summed E-state index contributed by atoms with van der Waals surface area (Å²) in [6.07, 6.45) is 8.85. The molecule has 1 aliphatic rings. The maximum absolute atomic E-state index is 5.71. The van der Waals surface area contributed by atoms with Crippen molar-refractivity contribution in [3.05, 3.63) is 72.3 Å². The van der Waals surface area contributed by atoms with E-state index in [0.717, 1.165) is 18.5 Å². The maximum atomic E-state index is 5.71. The molecule has 0 aromatic heterocycles. The van der Waals surface area contributed by atoms with E-state index in [1.54, 1.807) is 0 Å². The highest BCUT2D eigenvalue weighted by Gasteiger charge is 2.04. The molecule has 1 aliphatic carbocycles. The second-order valence-electron chi connectivity index (χ2n) is 4.86. The lowest BCUT2D eigenvalue weighted by atomic mass is 9.95. The smallest absolute Gasteiger partial charge is 0.0314 e. The van der Waals surface area contributed by atoms with Gasteiger partial charge >= 0.3 is 0 Å². The first-order chi connectivity index (χ1) is 9.33. The molecule has 0 heterocycles.